The first-order valence-electron chi connectivity index (χ1n) is 7.79. The van der Waals surface area contributed by atoms with E-state index >= 15 is 0 Å². The lowest BCUT2D eigenvalue weighted by atomic mass is 10.2. The van der Waals surface area contributed by atoms with E-state index in [1.807, 2.05) is 19.1 Å². The van der Waals surface area contributed by atoms with Gasteiger partial charge >= 0.3 is 0 Å². The van der Waals surface area contributed by atoms with Gasteiger partial charge in [0.05, 0.1) is 7.11 Å². The van der Waals surface area contributed by atoms with Gasteiger partial charge in [-0.3, -0.25) is 0 Å². The molecule has 1 aliphatic heterocycles. The molecular formula is C17H20N4O2. The van der Waals surface area contributed by atoms with Gasteiger partial charge in [-0.1, -0.05) is 6.92 Å². The second kappa shape index (κ2) is 6.61. The summed E-state index contributed by atoms with van der Waals surface area (Å²) in [6.07, 6.45) is 0.695. The van der Waals surface area contributed by atoms with Crippen molar-refractivity contribution < 1.29 is 9.15 Å². The van der Waals surface area contributed by atoms with E-state index in [1.54, 1.807) is 7.11 Å². The number of hydrogen-bond donors (Lipinski definition) is 0. The van der Waals surface area contributed by atoms with E-state index < -0.39 is 0 Å². The van der Waals surface area contributed by atoms with Gasteiger partial charge in [-0.15, -0.1) is 0 Å². The van der Waals surface area contributed by atoms with Gasteiger partial charge in [-0.2, -0.15) is 5.26 Å². The van der Waals surface area contributed by atoms with Crippen LogP contribution in [-0.4, -0.2) is 38.3 Å². The van der Waals surface area contributed by atoms with Gasteiger partial charge < -0.3 is 19.0 Å². The molecule has 0 aliphatic carbocycles. The van der Waals surface area contributed by atoms with Crippen LogP contribution < -0.4 is 14.5 Å². The minimum atomic E-state index is 0.389. The topological polar surface area (TPSA) is 65.5 Å². The predicted octanol–water partition coefficient (Wildman–Crippen LogP) is 2.44. The summed E-state index contributed by atoms with van der Waals surface area (Å²) in [5.41, 5.74) is 1.57. The fourth-order valence-corrected chi connectivity index (χ4v) is 2.75. The third-order valence-corrected chi connectivity index (χ3v) is 4.07. The lowest BCUT2D eigenvalue weighted by Crippen LogP contribution is -2.46. The molecule has 0 spiro atoms. The van der Waals surface area contributed by atoms with Crippen molar-refractivity contribution in [1.29, 1.82) is 5.26 Å². The summed E-state index contributed by atoms with van der Waals surface area (Å²) in [5.74, 6) is 2.09. The van der Waals surface area contributed by atoms with E-state index in [0.717, 1.165) is 31.9 Å². The number of piperazine rings is 1. The first kappa shape index (κ1) is 15.2. The summed E-state index contributed by atoms with van der Waals surface area (Å²) in [6, 6.07) is 10.2. The number of nitriles is 1. The highest BCUT2D eigenvalue weighted by Crippen LogP contribution is 2.25. The first-order valence-corrected chi connectivity index (χ1v) is 7.79. The van der Waals surface area contributed by atoms with Crippen molar-refractivity contribution in [1.82, 2.24) is 4.98 Å². The zero-order chi connectivity index (χ0) is 16.2. The van der Waals surface area contributed by atoms with Crippen molar-refractivity contribution in [3.63, 3.8) is 0 Å². The number of methoxy groups -OCH3 is 1. The van der Waals surface area contributed by atoms with Gasteiger partial charge in [-0.25, -0.2) is 4.98 Å². The maximum Gasteiger partial charge on any atom is 0.234 e. The second-order valence-electron chi connectivity index (χ2n) is 5.40. The van der Waals surface area contributed by atoms with Crippen molar-refractivity contribution in [3.05, 3.63) is 35.9 Å². The fraction of sp³-hybridized carbons (Fsp3) is 0.412. The van der Waals surface area contributed by atoms with Crippen LogP contribution >= 0.6 is 0 Å². The Kier molecular flexibility index (Phi) is 4.38. The van der Waals surface area contributed by atoms with E-state index in [0.29, 0.717) is 23.9 Å². The quantitative estimate of drug-likeness (QED) is 0.864. The molecule has 0 atom stereocenters. The molecular weight excluding hydrogens is 292 g/mol. The average molecular weight is 312 g/mol. The molecule has 2 aromatic rings. The Morgan fingerprint density at radius 3 is 2.39 bits per heavy atom. The highest BCUT2D eigenvalue weighted by molar-refractivity contribution is 5.53. The molecule has 0 bridgehead atoms. The maximum atomic E-state index is 9.22. The van der Waals surface area contributed by atoms with Crippen LogP contribution in [0.2, 0.25) is 0 Å². The summed E-state index contributed by atoms with van der Waals surface area (Å²) in [4.78, 5) is 8.64. The molecule has 0 unspecified atom stereocenters. The van der Waals surface area contributed by atoms with E-state index in [1.165, 1.54) is 5.69 Å². The van der Waals surface area contributed by atoms with Crippen molar-refractivity contribution >= 4 is 11.6 Å². The number of nitrogens with zero attached hydrogens (tertiary/aromatic N) is 4. The van der Waals surface area contributed by atoms with Crippen LogP contribution in [0, 0.1) is 11.3 Å². The monoisotopic (exact) mass is 312 g/mol. The summed E-state index contributed by atoms with van der Waals surface area (Å²) in [6.45, 7) is 5.33. The van der Waals surface area contributed by atoms with Crippen LogP contribution in [0.4, 0.5) is 11.6 Å². The zero-order valence-corrected chi connectivity index (χ0v) is 13.5. The molecule has 6 heteroatoms. The molecule has 120 valence electrons. The molecule has 0 N–H and O–H groups in total. The minimum absolute atomic E-state index is 0.389. The van der Waals surface area contributed by atoms with Gasteiger partial charge in [-0.05, 0) is 24.3 Å². The summed E-state index contributed by atoms with van der Waals surface area (Å²) < 4.78 is 10.9. The number of anilines is 2. The molecule has 0 radical (unpaired) electrons. The van der Waals surface area contributed by atoms with Crippen LogP contribution in [0.1, 0.15) is 18.5 Å². The molecule has 0 amide bonds. The average Bonchev–Trinajstić information content (AvgIpc) is 3.05. The van der Waals surface area contributed by atoms with Gasteiger partial charge in [0.25, 0.3) is 0 Å². The van der Waals surface area contributed by atoms with Crippen LogP contribution in [-0.2, 0) is 6.42 Å². The van der Waals surface area contributed by atoms with E-state index in [9.17, 15) is 5.26 Å². The molecule has 2 heterocycles. The number of oxazole rings is 1. The Morgan fingerprint density at radius 2 is 1.83 bits per heavy atom. The highest BCUT2D eigenvalue weighted by atomic mass is 16.5. The van der Waals surface area contributed by atoms with Gasteiger partial charge in [0.1, 0.15) is 11.8 Å². The lowest BCUT2D eigenvalue weighted by Gasteiger charge is -2.35. The third kappa shape index (κ3) is 3.09. The number of rotatable bonds is 4. The minimum Gasteiger partial charge on any atom is -0.497 e. The normalized spacial score (nSPS) is 14.7. The molecule has 3 rings (SSSR count). The van der Waals surface area contributed by atoms with Crippen molar-refractivity contribution in [2.75, 3.05) is 43.1 Å². The van der Waals surface area contributed by atoms with Crippen LogP contribution in [0.15, 0.2) is 28.7 Å². The molecule has 1 fully saturated rings. The molecule has 0 saturated carbocycles. The van der Waals surface area contributed by atoms with Crippen molar-refractivity contribution in [2.45, 2.75) is 13.3 Å². The van der Waals surface area contributed by atoms with Crippen molar-refractivity contribution in [2.24, 2.45) is 0 Å². The zero-order valence-electron chi connectivity index (χ0n) is 13.5. The standard InChI is InChI=1S/C17H20N4O2/c1-3-16-19-15(12-18)17(23-16)21-10-8-20(9-11-21)13-4-6-14(22-2)7-5-13/h4-7H,3,8-11H2,1-2H3. The van der Waals surface area contributed by atoms with E-state index in [2.05, 4.69) is 33.0 Å². The Bertz CT molecular complexity index is 694. The number of hydrogen-bond acceptors (Lipinski definition) is 6. The lowest BCUT2D eigenvalue weighted by molar-refractivity contribution is 0.415. The Balaban J connectivity index is 1.68. The smallest absolute Gasteiger partial charge is 0.234 e. The summed E-state index contributed by atoms with van der Waals surface area (Å²) >= 11 is 0. The van der Waals surface area contributed by atoms with E-state index in [4.69, 9.17) is 9.15 Å². The number of aryl methyl sites for hydroxylation is 1. The third-order valence-electron chi connectivity index (χ3n) is 4.07. The van der Waals surface area contributed by atoms with Crippen molar-refractivity contribution in [3.8, 4) is 11.8 Å². The summed E-state index contributed by atoms with van der Waals surface area (Å²) in [7, 11) is 1.67. The van der Waals surface area contributed by atoms with Crippen LogP contribution in [0.3, 0.4) is 0 Å². The molecule has 1 aromatic carbocycles. The molecule has 6 nitrogen and oxygen atoms in total. The van der Waals surface area contributed by atoms with Gasteiger partial charge in [0.2, 0.25) is 11.6 Å². The van der Waals surface area contributed by atoms with Gasteiger partial charge in [0, 0.05) is 38.3 Å². The number of benzene rings is 1. The first-order chi connectivity index (χ1) is 11.2. The maximum absolute atomic E-state index is 9.22. The Morgan fingerprint density at radius 1 is 1.17 bits per heavy atom. The number of aromatic nitrogens is 1. The molecule has 1 aliphatic rings. The number of ether oxygens (including phenoxy) is 1. The van der Waals surface area contributed by atoms with Crippen LogP contribution in [0.5, 0.6) is 5.75 Å². The Hall–Kier alpha value is -2.68. The van der Waals surface area contributed by atoms with Gasteiger partial charge in [0.15, 0.2) is 5.89 Å². The highest BCUT2D eigenvalue weighted by Gasteiger charge is 2.23. The Labute approximate surface area is 135 Å². The van der Waals surface area contributed by atoms with E-state index in [-0.39, 0.29) is 0 Å². The summed E-state index contributed by atoms with van der Waals surface area (Å²) in [5, 5.41) is 9.22. The predicted molar refractivity (Wildman–Crippen MR) is 88.0 cm³/mol. The fourth-order valence-electron chi connectivity index (χ4n) is 2.75. The second-order valence-corrected chi connectivity index (χ2v) is 5.40. The largest absolute Gasteiger partial charge is 0.497 e. The van der Waals surface area contributed by atoms with Crippen LogP contribution in [0.25, 0.3) is 0 Å². The SMILES string of the molecule is CCc1nc(C#N)c(N2CCN(c3ccc(OC)cc3)CC2)o1. The molecule has 23 heavy (non-hydrogen) atoms. The molecule has 1 aromatic heterocycles. The molecule has 1 saturated heterocycles.